The molecule has 2 N–H and O–H groups in total. The van der Waals surface area contributed by atoms with E-state index >= 15 is 0 Å². The van der Waals surface area contributed by atoms with E-state index in [4.69, 9.17) is 18.9 Å². The molecule has 0 radical (unpaired) electrons. The smallest absolute Gasteiger partial charge is 0.337 e. The minimum atomic E-state index is -1.48. The van der Waals surface area contributed by atoms with Crippen LogP contribution in [0.3, 0.4) is 0 Å². The molecular formula is C26H38O10. The topological polar surface area (TPSA) is 146 Å². The average Bonchev–Trinajstić information content (AvgIpc) is 3.22. The van der Waals surface area contributed by atoms with Gasteiger partial charge in [0.2, 0.25) is 0 Å². The fourth-order valence-corrected chi connectivity index (χ4v) is 6.71. The number of ether oxygens (including phenoxy) is 4. The highest BCUT2D eigenvalue weighted by atomic mass is 16.6. The van der Waals surface area contributed by atoms with Crippen LogP contribution >= 0.6 is 0 Å². The molecular weight excluding hydrogens is 472 g/mol. The quantitative estimate of drug-likeness (QED) is 0.365. The second kappa shape index (κ2) is 10.9. The van der Waals surface area contributed by atoms with E-state index in [9.17, 15) is 29.4 Å². The average molecular weight is 511 g/mol. The van der Waals surface area contributed by atoms with Crippen molar-refractivity contribution in [1.29, 1.82) is 0 Å². The van der Waals surface area contributed by atoms with E-state index in [1.54, 1.807) is 6.08 Å². The summed E-state index contributed by atoms with van der Waals surface area (Å²) >= 11 is 0. The maximum atomic E-state index is 12.3. The molecule has 36 heavy (non-hydrogen) atoms. The molecule has 0 bridgehead atoms. The molecule has 3 rings (SSSR count). The van der Waals surface area contributed by atoms with E-state index in [0.717, 1.165) is 0 Å². The largest absolute Gasteiger partial charge is 0.465 e. The highest BCUT2D eigenvalue weighted by Crippen LogP contribution is 2.59. The first-order valence-electron chi connectivity index (χ1n) is 12.5. The van der Waals surface area contributed by atoms with Gasteiger partial charge < -0.3 is 29.2 Å². The first kappa shape index (κ1) is 28.1. The van der Waals surface area contributed by atoms with Gasteiger partial charge in [-0.15, -0.1) is 0 Å². The van der Waals surface area contributed by atoms with Crippen LogP contribution < -0.4 is 0 Å². The summed E-state index contributed by atoms with van der Waals surface area (Å²) in [6, 6.07) is 0. The Labute approximate surface area is 211 Å². The minimum Gasteiger partial charge on any atom is -0.465 e. The highest BCUT2D eigenvalue weighted by molar-refractivity contribution is 5.92. The van der Waals surface area contributed by atoms with Gasteiger partial charge in [-0.1, -0.05) is 13.8 Å². The number of hydrogen-bond acceptors (Lipinski definition) is 10. The third-order valence-electron chi connectivity index (χ3n) is 8.38. The summed E-state index contributed by atoms with van der Waals surface area (Å²) in [7, 11) is 0. The molecule has 3 aliphatic rings. The van der Waals surface area contributed by atoms with Crippen LogP contribution in [0.4, 0.5) is 0 Å². The number of cyclic esters (lactones) is 1. The monoisotopic (exact) mass is 510 g/mol. The Morgan fingerprint density at radius 1 is 1.19 bits per heavy atom. The fourth-order valence-electron chi connectivity index (χ4n) is 6.71. The first-order valence-corrected chi connectivity index (χ1v) is 12.5. The Kier molecular flexibility index (Phi) is 8.50. The zero-order chi connectivity index (χ0) is 26.8. The molecule has 0 aromatic carbocycles. The lowest BCUT2D eigenvalue weighted by atomic mass is 9.48. The van der Waals surface area contributed by atoms with E-state index in [-0.39, 0.29) is 49.4 Å². The lowest BCUT2D eigenvalue weighted by Gasteiger charge is -2.60. The zero-order valence-corrected chi connectivity index (χ0v) is 21.7. The van der Waals surface area contributed by atoms with Crippen LogP contribution in [-0.4, -0.2) is 71.7 Å². The summed E-state index contributed by atoms with van der Waals surface area (Å²) < 4.78 is 21.7. The molecule has 0 aromatic rings. The van der Waals surface area contributed by atoms with Crippen LogP contribution in [0.1, 0.15) is 60.3 Å². The van der Waals surface area contributed by atoms with Gasteiger partial charge in [0, 0.05) is 26.2 Å². The van der Waals surface area contributed by atoms with Gasteiger partial charge in [0.15, 0.2) is 0 Å². The summed E-state index contributed by atoms with van der Waals surface area (Å²) in [6.45, 7) is 7.44. The minimum absolute atomic E-state index is 0.0310. The number of rotatable bonds is 8. The predicted molar refractivity (Wildman–Crippen MR) is 125 cm³/mol. The molecule has 10 heteroatoms. The van der Waals surface area contributed by atoms with E-state index in [2.05, 4.69) is 0 Å². The standard InChI is InChI=1S/C26H38O10/c1-14-10-22(36-17(4)30)25(5,13-34-15(2)28)19-6-8-26(32,12-27)20(23(14)19)11-21(35-16(3)29)18-7-9-33-24(18)31/h7,14,19-23,27,32H,6,8-13H2,1-5H3/t14-,19?,20?,21?,22?,23?,25?,26?/m0/s1. The van der Waals surface area contributed by atoms with Crippen molar-refractivity contribution in [3.05, 3.63) is 11.6 Å². The normalized spacial score (nSPS) is 36.7. The molecule has 2 fully saturated rings. The molecule has 0 amide bonds. The van der Waals surface area contributed by atoms with Crippen molar-refractivity contribution in [2.24, 2.45) is 29.1 Å². The molecule has 1 heterocycles. The van der Waals surface area contributed by atoms with Crippen LogP contribution in [0.2, 0.25) is 0 Å². The van der Waals surface area contributed by atoms with Crippen LogP contribution in [0.15, 0.2) is 11.6 Å². The SMILES string of the molecule is CC(=O)OCC1(C)C(OC(C)=O)C[C@H](C)C2C(CC(OC(C)=O)C3=CCOC3=O)C(O)(CO)CCC21. The number of carbonyl (C=O) groups is 4. The van der Waals surface area contributed by atoms with Gasteiger partial charge in [0.05, 0.1) is 17.8 Å². The van der Waals surface area contributed by atoms with Gasteiger partial charge in [0.25, 0.3) is 0 Å². The van der Waals surface area contributed by atoms with E-state index in [1.165, 1.54) is 20.8 Å². The number of carbonyl (C=O) groups excluding carboxylic acids is 4. The van der Waals surface area contributed by atoms with Gasteiger partial charge in [-0.2, -0.15) is 0 Å². The van der Waals surface area contributed by atoms with Gasteiger partial charge >= 0.3 is 23.9 Å². The van der Waals surface area contributed by atoms with Crippen LogP contribution in [0.25, 0.3) is 0 Å². The molecule has 0 spiro atoms. The summed E-state index contributed by atoms with van der Waals surface area (Å²) in [6.07, 6.45) is 1.41. The maximum Gasteiger partial charge on any atom is 0.337 e. The second-order valence-electron chi connectivity index (χ2n) is 10.8. The number of hydrogen-bond donors (Lipinski definition) is 2. The molecule has 7 unspecified atom stereocenters. The lowest BCUT2D eigenvalue weighted by molar-refractivity contribution is -0.216. The number of esters is 4. The Morgan fingerprint density at radius 3 is 2.42 bits per heavy atom. The van der Waals surface area contributed by atoms with E-state index < -0.39 is 59.6 Å². The van der Waals surface area contributed by atoms with Crippen LogP contribution in [0, 0.1) is 29.1 Å². The molecule has 0 aromatic heterocycles. The number of aliphatic hydroxyl groups is 2. The molecule has 1 aliphatic heterocycles. The second-order valence-corrected chi connectivity index (χ2v) is 10.8. The number of fused-ring (bicyclic) bond motifs is 1. The van der Waals surface area contributed by atoms with Crippen molar-refractivity contribution in [3.63, 3.8) is 0 Å². The maximum absolute atomic E-state index is 12.3. The number of aliphatic hydroxyl groups excluding tert-OH is 1. The molecule has 0 saturated heterocycles. The van der Waals surface area contributed by atoms with Crippen molar-refractivity contribution in [1.82, 2.24) is 0 Å². The van der Waals surface area contributed by atoms with Crippen molar-refractivity contribution in [2.45, 2.75) is 78.1 Å². The summed E-state index contributed by atoms with van der Waals surface area (Å²) in [5.74, 6) is -3.02. The van der Waals surface area contributed by atoms with E-state index in [0.29, 0.717) is 12.8 Å². The molecule has 2 aliphatic carbocycles. The fraction of sp³-hybridized carbons (Fsp3) is 0.769. The Hall–Kier alpha value is -2.46. The third-order valence-corrected chi connectivity index (χ3v) is 8.38. The summed E-state index contributed by atoms with van der Waals surface area (Å²) in [4.78, 5) is 47.9. The van der Waals surface area contributed by atoms with Gasteiger partial charge in [0.1, 0.15) is 25.4 Å². The van der Waals surface area contributed by atoms with Gasteiger partial charge in [-0.25, -0.2) is 4.79 Å². The van der Waals surface area contributed by atoms with Crippen molar-refractivity contribution in [3.8, 4) is 0 Å². The van der Waals surface area contributed by atoms with Gasteiger partial charge in [-0.05, 0) is 55.4 Å². The van der Waals surface area contributed by atoms with Crippen LogP contribution in [0.5, 0.6) is 0 Å². The van der Waals surface area contributed by atoms with Crippen molar-refractivity contribution < 1.29 is 48.3 Å². The zero-order valence-electron chi connectivity index (χ0n) is 21.7. The molecule has 8 atom stereocenters. The van der Waals surface area contributed by atoms with Crippen molar-refractivity contribution in [2.75, 3.05) is 19.8 Å². The molecule has 10 nitrogen and oxygen atoms in total. The third kappa shape index (κ3) is 5.59. The van der Waals surface area contributed by atoms with Gasteiger partial charge in [-0.3, -0.25) is 14.4 Å². The lowest BCUT2D eigenvalue weighted by Crippen LogP contribution is -2.62. The first-order chi connectivity index (χ1) is 16.8. The Morgan fingerprint density at radius 2 is 1.89 bits per heavy atom. The Bertz CT molecular complexity index is 912. The molecule has 202 valence electrons. The summed E-state index contributed by atoms with van der Waals surface area (Å²) in [5.41, 5.74) is -2.00. The Balaban J connectivity index is 2.03. The van der Waals surface area contributed by atoms with E-state index in [1.807, 2.05) is 13.8 Å². The molecule has 2 saturated carbocycles. The van der Waals surface area contributed by atoms with Crippen molar-refractivity contribution >= 4 is 23.9 Å². The van der Waals surface area contributed by atoms with Crippen LogP contribution in [-0.2, 0) is 38.1 Å². The summed E-state index contributed by atoms with van der Waals surface area (Å²) in [5, 5.41) is 21.9. The highest BCUT2D eigenvalue weighted by Gasteiger charge is 2.61. The predicted octanol–water partition coefficient (Wildman–Crippen LogP) is 1.70.